The van der Waals surface area contributed by atoms with Gasteiger partial charge in [-0.2, -0.15) is 0 Å². The number of carbonyl (C=O) groups is 1. The van der Waals surface area contributed by atoms with Gasteiger partial charge in [-0.15, -0.1) is 11.3 Å². The number of anilines is 1. The Kier molecular flexibility index (Phi) is 3.92. The Morgan fingerprint density at radius 3 is 2.92 bits per heavy atom. The number of carbonyl (C=O) groups excluding carboxylic acids is 1. The molecule has 4 rings (SSSR count). The number of aromatic nitrogens is 1. The van der Waals surface area contributed by atoms with Crippen LogP contribution in [0.1, 0.15) is 21.0 Å². The summed E-state index contributed by atoms with van der Waals surface area (Å²) < 4.78 is 6.51. The number of thiazole rings is 1. The van der Waals surface area contributed by atoms with Gasteiger partial charge in [-0.1, -0.05) is 23.5 Å². The molecule has 0 atom stereocenters. The molecule has 3 heterocycles. The molecule has 3 aromatic heterocycles. The summed E-state index contributed by atoms with van der Waals surface area (Å²) >= 11 is 2.95. The average molecular weight is 354 g/mol. The number of thiophene rings is 1. The normalized spacial score (nSPS) is 11.0. The first-order chi connectivity index (χ1) is 11.7. The Morgan fingerprint density at radius 2 is 2.17 bits per heavy atom. The van der Waals surface area contributed by atoms with Crippen LogP contribution in [0.3, 0.4) is 0 Å². The average Bonchev–Trinajstić information content (AvgIpc) is 3.31. The summed E-state index contributed by atoms with van der Waals surface area (Å²) in [7, 11) is 0. The molecule has 4 aromatic rings. The number of nitrogens with zero attached hydrogens (tertiary/aromatic N) is 2. The summed E-state index contributed by atoms with van der Waals surface area (Å²) in [5.74, 6) is 0.674. The molecule has 120 valence electrons. The molecule has 0 saturated heterocycles. The van der Waals surface area contributed by atoms with Crippen LogP contribution in [0.2, 0.25) is 0 Å². The maximum absolute atomic E-state index is 12.9. The van der Waals surface area contributed by atoms with Crippen molar-refractivity contribution < 1.29 is 9.21 Å². The molecule has 1 amide bonds. The molecule has 0 fully saturated rings. The summed E-state index contributed by atoms with van der Waals surface area (Å²) in [6.45, 7) is 2.42. The third-order valence-corrected chi connectivity index (χ3v) is 5.53. The van der Waals surface area contributed by atoms with Gasteiger partial charge in [-0.05, 0) is 48.2 Å². The number of fused-ring (bicyclic) bond motifs is 1. The highest BCUT2D eigenvalue weighted by Gasteiger charge is 2.23. The number of furan rings is 1. The smallest absolute Gasteiger partial charge is 0.270 e. The van der Waals surface area contributed by atoms with Gasteiger partial charge in [0.25, 0.3) is 5.91 Å². The minimum absolute atomic E-state index is 0.0582. The van der Waals surface area contributed by atoms with Crippen LogP contribution < -0.4 is 4.90 Å². The maximum atomic E-state index is 12.9. The number of amides is 1. The van der Waals surface area contributed by atoms with E-state index >= 15 is 0 Å². The zero-order chi connectivity index (χ0) is 16.5. The van der Waals surface area contributed by atoms with Crippen molar-refractivity contribution in [3.8, 4) is 0 Å². The van der Waals surface area contributed by atoms with Gasteiger partial charge in [0.05, 0.1) is 27.9 Å². The maximum Gasteiger partial charge on any atom is 0.270 e. The molecule has 0 aliphatic rings. The molecule has 0 spiro atoms. The molecular weight excluding hydrogens is 340 g/mol. The van der Waals surface area contributed by atoms with Crippen LogP contribution in [-0.4, -0.2) is 10.9 Å². The number of hydrogen-bond acceptors (Lipinski definition) is 5. The molecular formula is C18H14N2O2S2. The summed E-state index contributed by atoms with van der Waals surface area (Å²) in [6, 6.07) is 13.5. The number of rotatable bonds is 4. The quantitative estimate of drug-likeness (QED) is 0.512. The monoisotopic (exact) mass is 354 g/mol. The summed E-state index contributed by atoms with van der Waals surface area (Å²) in [5.41, 5.74) is 2.09. The predicted octanol–water partition coefficient (Wildman–Crippen LogP) is 5.11. The number of hydrogen-bond donors (Lipinski definition) is 0. The van der Waals surface area contributed by atoms with Crippen molar-refractivity contribution in [2.24, 2.45) is 0 Å². The lowest BCUT2D eigenvalue weighted by atomic mass is 10.2. The van der Waals surface area contributed by atoms with Crippen LogP contribution in [0, 0.1) is 6.92 Å². The van der Waals surface area contributed by atoms with Crippen LogP contribution in [0.25, 0.3) is 10.2 Å². The van der Waals surface area contributed by atoms with Gasteiger partial charge in [-0.25, -0.2) is 4.98 Å². The topological polar surface area (TPSA) is 46.3 Å². The molecule has 4 nitrogen and oxygen atoms in total. The van der Waals surface area contributed by atoms with Crippen molar-refractivity contribution in [1.82, 2.24) is 4.98 Å². The Morgan fingerprint density at radius 1 is 1.25 bits per heavy atom. The molecule has 6 heteroatoms. The van der Waals surface area contributed by atoms with E-state index in [1.165, 1.54) is 28.2 Å². The minimum atomic E-state index is -0.0582. The first-order valence-corrected chi connectivity index (χ1v) is 9.15. The highest BCUT2D eigenvalue weighted by atomic mass is 32.1. The van der Waals surface area contributed by atoms with Crippen molar-refractivity contribution in [2.45, 2.75) is 13.5 Å². The minimum Gasteiger partial charge on any atom is -0.467 e. The van der Waals surface area contributed by atoms with Crippen molar-refractivity contribution >= 4 is 43.9 Å². The zero-order valence-electron chi connectivity index (χ0n) is 12.9. The number of aryl methyl sites for hydroxylation is 1. The lowest BCUT2D eigenvalue weighted by Crippen LogP contribution is -2.29. The van der Waals surface area contributed by atoms with Crippen LogP contribution in [-0.2, 0) is 6.54 Å². The molecule has 0 radical (unpaired) electrons. The van der Waals surface area contributed by atoms with E-state index in [1.54, 1.807) is 11.2 Å². The van der Waals surface area contributed by atoms with E-state index in [-0.39, 0.29) is 5.91 Å². The fourth-order valence-electron chi connectivity index (χ4n) is 2.45. The van der Waals surface area contributed by atoms with E-state index in [0.717, 1.165) is 16.0 Å². The van der Waals surface area contributed by atoms with Crippen molar-refractivity contribution in [1.29, 1.82) is 0 Å². The van der Waals surface area contributed by atoms with Crippen molar-refractivity contribution in [2.75, 3.05) is 4.90 Å². The summed E-state index contributed by atoms with van der Waals surface area (Å²) in [6.07, 6.45) is 1.62. The third-order valence-electron chi connectivity index (χ3n) is 3.63. The molecule has 0 unspecified atom stereocenters. The van der Waals surface area contributed by atoms with Crippen molar-refractivity contribution in [3.05, 3.63) is 70.3 Å². The van der Waals surface area contributed by atoms with Crippen LogP contribution in [0.15, 0.2) is 58.5 Å². The van der Waals surface area contributed by atoms with Gasteiger partial charge < -0.3 is 4.42 Å². The van der Waals surface area contributed by atoms with Crippen molar-refractivity contribution in [3.63, 3.8) is 0 Å². The van der Waals surface area contributed by atoms with Gasteiger partial charge in [-0.3, -0.25) is 9.69 Å². The highest BCUT2D eigenvalue weighted by molar-refractivity contribution is 7.22. The number of benzene rings is 1. The van der Waals surface area contributed by atoms with E-state index in [0.29, 0.717) is 16.6 Å². The van der Waals surface area contributed by atoms with E-state index < -0.39 is 0 Å². The molecule has 0 N–H and O–H groups in total. The van der Waals surface area contributed by atoms with E-state index in [2.05, 4.69) is 18.0 Å². The molecule has 0 aliphatic carbocycles. The van der Waals surface area contributed by atoms with Gasteiger partial charge >= 0.3 is 0 Å². The standard InChI is InChI=1S/C18H14N2O2S2/c1-12-6-7-14-16(10-12)24-18(19-14)20(11-13-4-2-8-22-13)17(21)15-5-3-9-23-15/h2-10H,11H2,1H3. The first kappa shape index (κ1) is 15.1. The molecule has 24 heavy (non-hydrogen) atoms. The Bertz CT molecular complexity index is 972. The lowest BCUT2D eigenvalue weighted by molar-refractivity contribution is 0.0987. The summed E-state index contributed by atoms with van der Waals surface area (Å²) in [4.78, 5) is 20.0. The largest absolute Gasteiger partial charge is 0.467 e. The van der Waals surface area contributed by atoms with Gasteiger partial charge in [0, 0.05) is 0 Å². The van der Waals surface area contributed by atoms with Crippen LogP contribution >= 0.6 is 22.7 Å². The SMILES string of the molecule is Cc1ccc2nc(N(Cc3ccco3)C(=O)c3cccs3)sc2c1. The van der Waals surface area contributed by atoms with E-state index in [9.17, 15) is 4.79 Å². The second-order valence-electron chi connectivity index (χ2n) is 5.42. The second-order valence-corrected chi connectivity index (χ2v) is 7.37. The first-order valence-electron chi connectivity index (χ1n) is 7.45. The predicted molar refractivity (Wildman–Crippen MR) is 97.9 cm³/mol. The Hall–Kier alpha value is -2.44. The zero-order valence-corrected chi connectivity index (χ0v) is 14.6. The molecule has 0 aliphatic heterocycles. The Balaban J connectivity index is 1.76. The van der Waals surface area contributed by atoms with Crippen LogP contribution in [0.5, 0.6) is 0 Å². The molecule has 0 saturated carbocycles. The summed E-state index contributed by atoms with van der Waals surface area (Å²) in [5, 5.41) is 2.59. The van der Waals surface area contributed by atoms with Gasteiger partial charge in [0.2, 0.25) is 0 Å². The molecule has 1 aromatic carbocycles. The highest BCUT2D eigenvalue weighted by Crippen LogP contribution is 2.32. The van der Waals surface area contributed by atoms with E-state index in [1.807, 2.05) is 41.8 Å². The van der Waals surface area contributed by atoms with Gasteiger partial charge in [0.15, 0.2) is 5.13 Å². The molecule has 0 bridgehead atoms. The van der Waals surface area contributed by atoms with Crippen LogP contribution in [0.4, 0.5) is 5.13 Å². The fourth-order valence-corrected chi connectivity index (χ4v) is 4.19. The third kappa shape index (κ3) is 2.86. The fraction of sp³-hybridized carbons (Fsp3) is 0.111. The second kappa shape index (κ2) is 6.22. The van der Waals surface area contributed by atoms with Gasteiger partial charge in [0.1, 0.15) is 5.76 Å². The lowest BCUT2D eigenvalue weighted by Gasteiger charge is -2.17. The van der Waals surface area contributed by atoms with E-state index in [4.69, 9.17) is 4.42 Å². The Labute approximate surface area is 147 Å².